The summed E-state index contributed by atoms with van der Waals surface area (Å²) in [6, 6.07) is 0. The Kier molecular flexibility index (Phi) is 11.3. The standard InChI is InChI=1S/C10H19NO3.C9H20/c1-7-5-11(6-8(7)12)9(13)14-10(2,3)4;1-3-5-7-9-8-6-4-2/h7-8,12H,5-6H2,1-4H3;3-9H2,1-2H3. The van der Waals surface area contributed by atoms with Crippen molar-refractivity contribution in [2.24, 2.45) is 5.92 Å². The monoisotopic (exact) mass is 329 g/mol. The number of β-amino-alcohol motifs (C(OH)–C–C–N with tert-alkyl or cyclic N) is 1. The van der Waals surface area contributed by atoms with Crippen LogP contribution in [0, 0.1) is 5.92 Å². The molecule has 0 aromatic heterocycles. The first-order valence-electron chi connectivity index (χ1n) is 9.37. The van der Waals surface area contributed by atoms with Crippen LogP contribution in [0.25, 0.3) is 0 Å². The summed E-state index contributed by atoms with van der Waals surface area (Å²) in [7, 11) is 0. The van der Waals surface area contributed by atoms with Gasteiger partial charge in [0.1, 0.15) is 5.60 Å². The van der Waals surface area contributed by atoms with Gasteiger partial charge in [0.25, 0.3) is 0 Å². The second kappa shape index (κ2) is 11.7. The molecular weight excluding hydrogens is 290 g/mol. The van der Waals surface area contributed by atoms with Gasteiger partial charge < -0.3 is 14.7 Å². The smallest absolute Gasteiger partial charge is 0.410 e. The molecular formula is C19H39NO3. The molecule has 2 atom stereocenters. The predicted molar refractivity (Wildman–Crippen MR) is 96.6 cm³/mol. The molecule has 1 heterocycles. The lowest BCUT2D eigenvalue weighted by Crippen LogP contribution is -2.35. The number of nitrogens with zero attached hydrogens (tertiary/aromatic N) is 1. The van der Waals surface area contributed by atoms with Gasteiger partial charge in [0.2, 0.25) is 0 Å². The zero-order chi connectivity index (χ0) is 17.9. The SMILES string of the molecule is CC1CN(C(=O)OC(C)(C)C)CC1O.CCCCCCCCC. The quantitative estimate of drug-likeness (QED) is 0.698. The molecule has 0 radical (unpaired) electrons. The summed E-state index contributed by atoms with van der Waals surface area (Å²) in [5.74, 6) is 0.141. The molecule has 1 fully saturated rings. The zero-order valence-corrected chi connectivity index (χ0v) is 16.2. The lowest BCUT2D eigenvalue weighted by Gasteiger charge is -2.24. The third-order valence-electron chi connectivity index (χ3n) is 3.93. The Hall–Kier alpha value is -0.770. The molecule has 0 aliphatic carbocycles. The fourth-order valence-electron chi connectivity index (χ4n) is 2.46. The van der Waals surface area contributed by atoms with Crippen LogP contribution >= 0.6 is 0 Å². The summed E-state index contributed by atoms with van der Waals surface area (Å²) in [4.78, 5) is 13.1. The Labute approximate surface area is 143 Å². The van der Waals surface area contributed by atoms with Gasteiger partial charge in [0.05, 0.1) is 12.6 Å². The molecule has 1 rings (SSSR count). The number of ether oxygens (including phenoxy) is 1. The Morgan fingerprint density at radius 2 is 1.52 bits per heavy atom. The van der Waals surface area contributed by atoms with Crippen LogP contribution in [0.4, 0.5) is 4.79 Å². The molecule has 4 nitrogen and oxygen atoms in total. The summed E-state index contributed by atoms with van der Waals surface area (Å²) in [5, 5.41) is 9.47. The van der Waals surface area contributed by atoms with Crippen molar-refractivity contribution in [2.75, 3.05) is 13.1 Å². The van der Waals surface area contributed by atoms with E-state index in [1.165, 1.54) is 44.9 Å². The van der Waals surface area contributed by atoms with Gasteiger partial charge >= 0.3 is 6.09 Å². The second-order valence-electron chi connectivity index (χ2n) is 7.70. The van der Waals surface area contributed by atoms with Crippen molar-refractivity contribution in [3.63, 3.8) is 0 Å². The third-order valence-corrected chi connectivity index (χ3v) is 3.93. The van der Waals surface area contributed by atoms with Crippen LogP contribution in [0.5, 0.6) is 0 Å². The summed E-state index contributed by atoms with van der Waals surface area (Å²) >= 11 is 0. The van der Waals surface area contributed by atoms with Crippen LogP contribution in [0.15, 0.2) is 0 Å². The largest absolute Gasteiger partial charge is 0.444 e. The van der Waals surface area contributed by atoms with Crippen molar-refractivity contribution in [1.29, 1.82) is 0 Å². The molecule has 0 spiro atoms. The van der Waals surface area contributed by atoms with Crippen molar-refractivity contribution >= 4 is 6.09 Å². The van der Waals surface area contributed by atoms with Crippen LogP contribution in [0.3, 0.4) is 0 Å². The van der Waals surface area contributed by atoms with E-state index in [2.05, 4.69) is 13.8 Å². The van der Waals surface area contributed by atoms with E-state index in [4.69, 9.17) is 4.74 Å². The lowest BCUT2D eigenvalue weighted by atomic mass is 10.1. The third kappa shape index (κ3) is 11.4. The van der Waals surface area contributed by atoms with E-state index in [0.717, 1.165) is 0 Å². The van der Waals surface area contributed by atoms with E-state index in [0.29, 0.717) is 13.1 Å². The number of carbonyl (C=O) groups excluding carboxylic acids is 1. The number of hydrogen-bond donors (Lipinski definition) is 1. The molecule has 4 heteroatoms. The first-order valence-corrected chi connectivity index (χ1v) is 9.37. The Balaban J connectivity index is 0.000000468. The molecule has 1 N–H and O–H groups in total. The summed E-state index contributed by atoms with van der Waals surface area (Å²) < 4.78 is 5.19. The van der Waals surface area contributed by atoms with Gasteiger partial charge in [-0.3, -0.25) is 0 Å². The molecule has 1 aliphatic rings. The number of rotatable bonds is 6. The number of amides is 1. The number of unbranched alkanes of at least 4 members (excludes halogenated alkanes) is 6. The van der Waals surface area contributed by atoms with Crippen molar-refractivity contribution in [3.05, 3.63) is 0 Å². The fourth-order valence-corrected chi connectivity index (χ4v) is 2.46. The average Bonchev–Trinajstić information content (AvgIpc) is 2.78. The maximum Gasteiger partial charge on any atom is 0.410 e. The minimum atomic E-state index is -0.464. The van der Waals surface area contributed by atoms with Gasteiger partial charge in [0.15, 0.2) is 0 Å². The molecule has 2 unspecified atom stereocenters. The average molecular weight is 330 g/mol. The predicted octanol–water partition coefficient (Wildman–Crippen LogP) is 4.99. The molecule has 1 amide bonds. The normalized spacial score (nSPS) is 20.9. The van der Waals surface area contributed by atoms with Gasteiger partial charge in [-0.25, -0.2) is 4.79 Å². The number of aliphatic hydroxyl groups excluding tert-OH is 1. The van der Waals surface area contributed by atoms with Crippen molar-refractivity contribution < 1.29 is 14.6 Å². The van der Waals surface area contributed by atoms with Crippen LogP contribution in [0.1, 0.15) is 86.5 Å². The van der Waals surface area contributed by atoms with Gasteiger partial charge in [-0.05, 0) is 20.8 Å². The van der Waals surface area contributed by atoms with Crippen LogP contribution in [-0.2, 0) is 4.74 Å². The van der Waals surface area contributed by atoms with E-state index in [-0.39, 0.29) is 12.0 Å². The van der Waals surface area contributed by atoms with Crippen LogP contribution < -0.4 is 0 Å². The topological polar surface area (TPSA) is 49.8 Å². The summed E-state index contributed by atoms with van der Waals surface area (Å²) in [6.07, 6.45) is 9.23. The summed E-state index contributed by atoms with van der Waals surface area (Å²) in [5.41, 5.74) is -0.464. The summed E-state index contributed by atoms with van der Waals surface area (Å²) in [6.45, 7) is 12.9. The van der Waals surface area contributed by atoms with E-state index < -0.39 is 11.7 Å². The molecule has 0 saturated carbocycles. The minimum absolute atomic E-state index is 0.141. The number of likely N-dealkylation sites (tertiary alicyclic amines) is 1. The maximum absolute atomic E-state index is 11.5. The first kappa shape index (κ1) is 22.2. The van der Waals surface area contributed by atoms with Crippen molar-refractivity contribution in [3.8, 4) is 0 Å². The van der Waals surface area contributed by atoms with Crippen molar-refractivity contribution in [2.45, 2.75) is 98.2 Å². The van der Waals surface area contributed by atoms with E-state index in [9.17, 15) is 9.90 Å². The van der Waals surface area contributed by atoms with Gasteiger partial charge in [-0.15, -0.1) is 0 Å². The molecule has 1 aliphatic heterocycles. The second-order valence-corrected chi connectivity index (χ2v) is 7.70. The Bertz CT molecular complexity index is 296. The van der Waals surface area contributed by atoms with Crippen molar-refractivity contribution in [1.82, 2.24) is 4.90 Å². The number of hydrogen-bond acceptors (Lipinski definition) is 3. The van der Waals surface area contributed by atoms with E-state index in [1.807, 2.05) is 27.7 Å². The van der Waals surface area contributed by atoms with Crippen LogP contribution in [0.2, 0.25) is 0 Å². The van der Waals surface area contributed by atoms with Gasteiger partial charge in [-0.2, -0.15) is 0 Å². The Morgan fingerprint density at radius 1 is 1.04 bits per heavy atom. The lowest BCUT2D eigenvalue weighted by molar-refractivity contribution is 0.0270. The fraction of sp³-hybridized carbons (Fsp3) is 0.947. The number of aliphatic hydroxyl groups is 1. The zero-order valence-electron chi connectivity index (χ0n) is 16.2. The molecule has 1 saturated heterocycles. The highest BCUT2D eigenvalue weighted by molar-refractivity contribution is 5.68. The highest BCUT2D eigenvalue weighted by atomic mass is 16.6. The first-order chi connectivity index (χ1) is 10.7. The number of carbonyl (C=O) groups is 1. The van der Waals surface area contributed by atoms with Crippen LogP contribution in [-0.4, -0.2) is 40.9 Å². The Morgan fingerprint density at radius 3 is 1.87 bits per heavy atom. The maximum atomic E-state index is 11.5. The highest BCUT2D eigenvalue weighted by Crippen LogP contribution is 2.19. The molecule has 0 aromatic carbocycles. The van der Waals surface area contributed by atoms with Gasteiger partial charge in [0, 0.05) is 12.5 Å². The molecule has 0 bridgehead atoms. The van der Waals surface area contributed by atoms with E-state index in [1.54, 1.807) is 4.90 Å². The van der Waals surface area contributed by atoms with E-state index >= 15 is 0 Å². The molecule has 23 heavy (non-hydrogen) atoms. The minimum Gasteiger partial charge on any atom is -0.444 e. The molecule has 0 aromatic rings. The van der Waals surface area contributed by atoms with Gasteiger partial charge in [-0.1, -0.05) is 65.7 Å². The molecule has 138 valence electrons. The highest BCUT2D eigenvalue weighted by Gasteiger charge is 2.33.